The first-order chi connectivity index (χ1) is 15.1. The fraction of sp³-hybridized carbons (Fsp3) is 0.350. The van der Waals surface area contributed by atoms with Crippen molar-refractivity contribution in [3.05, 3.63) is 50.7 Å². The lowest BCUT2D eigenvalue weighted by atomic mass is 10.1. The third kappa shape index (κ3) is 4.19. The fourth-order valence-electron chi connectivity index (χ4n) is 3.44. The molecule has 1 aromatic carbocycles. The van der Waals surface area contributed by atoms with E-state index >= 15 is 0 Å². The second-order valence-corrected chi connectivity index (χ2v) is 7.05. The van der Waals surface area contributed by atoms with Gasteiger partial charge >= 0.3 is 5.97 Å². The molecule has 0 saturated carbocycles. The van der Waals surface area contributed by atoms with Crippen LogP contribution in [0.25, 0.3) is 0 Å². The second kappa shape index (κ2) is 8.96. The van der Waals surface area contributed by atoms with Crippen molar-refractivity contribution in [3.8, 4) is 0 Å². The number of hydrogen-bond acceptors (Lipinski definition) is 8. The van der Waals surface area contributed by atoms with Crippen molar-refractivity contribution in [2.75, 3.05) is 18.5 Å². The van der Waals surface area contributed by atoms with Crippen LogP contribution in [0.2, 0.25) is 0 Å². The monoisotopic (exact) mass is 443 g/mol. The van der Waals surface area contributed by atoms with Crippen molar-refractivity contribution in [1.82, 2.24) is 14.7 Å². The van der Waals surface area contributed by atoms with Crippen molar-refractivity contribution in [1.29, 1.82) is 0 Å². The van der Waals surface area contributed by atoms with Gasteiger partial charge in [-0.3, -0.25) is 34.1 Å². The standard InChI is InChI=1S/C20H21N5O7/c1-4-32-20(29)16-11(2)22-23(3)17(16)21-15(26)6-5-9-24-18(27)13-8-7-12(25(30)31)10-14(13)19(24)28/h7-8,10H,4-6,9H2,1-3H3,(H,21,26). The van der Waals surface area contributed by atoms with Crippen molar-refractivity contribution in [2.24, 2.45) is 7.05 Å². The van der Waals surface area contributed by atoms with Crippen molar-refractivity contribution >= 4 is 35.2 Å². The summed E-state index contributed by atoms with van der Waals surface area (Å²) < 4.78 is 6.36. The van der Waals surface area contributed by atoms with Gasteiger partial charge in [-0.15, -0.1) is 0 Å². The summed E-state index contributed by atoms with van der Waals surface area (Å²) in [5, 5.41) is 17.7. The Balaban J connectivity index is 1.63. The summed E-state index contributed by atoms with van der Waals surface area (Å²) in [4.78, 5) is 60.8. The van der Waals surface area contributed by atoms with Gasteiger partial charge in [-0.2, -0.15) is 5.10 Å². The van der Waals surface area contributed by atoms with E-state index in [4.69, 9.17) is 4.74 Å². The predicted molar refractivity (Wildman–Crippen MR) is 110 cm³/mol. The first-order valence-electron chi connectivity index (χ1n) is 9.80. The number of rotatable bonds is 8. The molecule has 1 aliphatic rings. The van der Waals surface area contributed by atoms with E-state index in [2.05, 4.69) is 10.4 Å². The van der Waals surface area contributed by atoms with Gasteiger partial charge < -0.3 is 10.1 Å². The van der Waals surface area contributed by atoms with Crippen LogP contribution < -0.4 is 5.32 Å². The molecule has 12 heteroatoms. The van der Waals surface area contributed by atoms with E-state index in [1.54, 1.807) is 20.9 Å². The molecule has 3 rings (SSSR count). The van der Waals surface area contributed by atoms with E-state index in [1.165, 1.54) is 10.7 Å². The summed E-state index contributed by atoms with van der Waals surface area (Å²) in [5.41, 5.74) is 0.341. The first-order valence-corrected chi connectivity index (χ1v) is 9.80. The third-order valence-corrected chi connectivity index (χ3v) is 4.91. The second-order valence-electron chi connectivity index (χ2n) is 7.05. The number of carbonyl (C=O) groups is 4. The van der Waals surface area contributed by atoms with E-state index in [0.29, 0.717) is 5.69 Å². The molecule has 0 radical (unpaired) electrons. The highest BCUT2D eigenvalue weighted by atomic mass is 16.6. The molecule has 0 saturated heterocycles. The number of aryl methyl sites for hydroxylation is 2. The van der Waals surface area contributed by atoms with Gasteiger partial charge in [-0.1, -0.05) is 0 Å². The molecule has 1 aromatic heterocycles. The zero-order valence-electron chi connectivity index (χ0n) is 17.7. The van der Waals surface area contributed by atoms with Crippen molar-refractivity contribution in [3.63, 3.8) is 0 Å². The van der Waals surface area contributed by atoms with Crippen LogP contribution in [-0.4, -0.2) is 56.4 Å². The Bertz CT molecular complexity index is 1140. The lowest BCUT2D eigenvalue weighted by molar-refractivity contribution is -0.384. The molecule has 0 bridgehead atoms. The van der Waals surface area contributed by atoms with Crippen LogP contribution in [0.15, 0.2) is 18.2 Å². The Kier molecular flexibility index (Phi) is 6.32. The molecule has 32 heavy (non-hydrogen) atoms. The average Bonchev–Trinajstić information content (AvgIpc) is 3.15. The summed E-state index contributed by atoms with van der Waals surface area (Å²) in [6.45, 7) is 3.42. The van der Waals surface area contributed by atoms with Gasteiger partial charge in [-0.25, -0.2) is 4.79 Å². The zero-order valence-corrected chi connectivity index (χ0v) is 17.7. The SMILES string of the molecule is CCOC(=O)c1c(C)nn(C)c1NC(=O)CCCN1C(=O)c2ccc([N+](=O)[O-])cc2C1=O. The molecule has 3 amide bonds. The Labute approximate surface area is 182 Å². The quantitative estimate of drug-likeness (QED) is 0.280. The van der Waals surface area contributed by atoms with E-state index in [-0.39, 0.29) is 54.2 Å². The number of hydrogen-bond donors (Lipinski definition) is 1. The molecule has 0 aliphatic carbocycles. The number of benzene rings is 1. The molecule has 0 fully saturated rings. The van der Waals surface area contributed by atoms with Gasteiger partial charge in [0, 0.05) is 32.1 Å². The van der Waals surface area contributed by atoms with Crippen LogP contribution in [0.3, 0.4) is 0 Å². The number of nitro benzene ring substituents is 1. The molecule has 1 aliphatic heterocycles. The Morgan fingerprint density at radius 3 is 2.56 bits per heavy atom. The van der Waals surface area contributed by atoms with E-state index < -0.39 is 28.6 Å². The molecule has 12 nitrogen and oxygen atoms in total. The number of imide groups is 1. The lowest BCUT2D eigenvalue weighted by Crippen LogP contribution is -2.31. The highest BCUT2D eigenvalue weighted by Crippen LogP contribution is 2.27. The van der Waals surface area contributed by atoms with Crippen LogP contribution in [-0.2, 0) is 16.6 Å². The summed E-state index contributed by atoms with van der Waals surface area (Å²) in [6, 6.07) is 3.49. The number of anilines is 1. The van der Waals surface area contributed by atoms with Gasteiger partial charge in [0.05, 0.1) is 28.4 Å². The summed E-state index contributed by atoms with van der Waals surface area (Å²) in [5.74, 6) is -2.05. The number of carbonyl (C=O) groups excluding carboxylic acids is 4. The minimum atomic E-state index is -0.643. The smallest absolute Gasteiger partial charge is 0.343 e. The zero-order chi connectivity index (χ0) is 23.6. The molecular weight excluding hydrogens is 422 g/mol. The molecule has 168 valence electrons. The highest BCUT2D eigenvalue weighted by Gasteiger charge is 2.36. The summed E-state index contributed by atoms with van der Waals surface area (Å²) in [7, 11) is 1.57. The highest BCUT2D eigenvalue weighted by molar-refractivity contribution is 6.21. The van der Waals surface area contributed by atoms with Crippen LogP contribution in [0.5, 0.6) is 0 Å². The number of nitrogens with one attached hydrogen (secondary N) is 1. The number of aromatic nitrogens is 2. The molecule has 1 N–H and O–H groups in total. The first kappa shape index (κ1) is 22.6. The van der Waals surface area contributed by atoms with Crippen molar-refractivity contribution in [2.45, 2.75) is 26.7 Å². The number of nitrogens with zero attached hydrogens (tertiary/aromatic N) is 4. The molecule has 0 unspecified atom stereocenters. The van der Waals surface area contributed by atoms with Crippen LogP contribution >= 0.6 is 0 Å². The van der Waals surface area contributed by atoms with Gasteiger partial charge in [0.2, 0.25) is 5.91 Å². The van der Waals surface area contributed by atoms with Crippen LogP contribution in [0.1, 0.15) is 56.5 Å². The number of fused-ring (bicyclic) bond motifs is 1. The maximum Gasteiger partial charge on any atom is 0.343 e. The number of amides is 3. The average molecular weight is 443 g/mol. The van der Waals surface area contributed by atoms with Gasteiger partial charge in [-0.05, 0) is 26.3 Å². The van der Waals surface area contributed by atoms with E-state index in [1.807, 2.05) is 0 Å². The minimum Gasteiger partial charge on any atom is -0.462 e. The van der Waals surface area contributed by atoms with Crippen molar-refractivity contribution < 1.29 is 28.8 Å². The molecule has 2 heterocycles. The number of non-ortho nitro benzene ring substituents is 1. The Hall–Kier alpha value is -4.09. The Morgan fingerprint density at radius 1 is 1.22 bits per heavy atom. The van der Waals surface area contributed by atoms with E-state index in [9.17, 15) is 29.3 Å². The fourth-order valence-corrected chi connectivity index (χ4v) is 3.44. The van der Waals surface area contributed by atoms with E-state index in [0.717, 1.165) is 17.0 Å². The Morgan fingerprint density at radius 2 is 1.91 bits per heavy atom. The minimum absolute atomic E-state index is 0.0295. The summed E-state index contributed by atoms with van der Waals surface area (Å²) in [6.07, 6.45) is 0.116. The van der Waals surface area contributed by atoms with Crippen LogP contribution in [0, 0.1) is 17.0 Å². The molecule has 2 aromatic rings. The largest absolute Gasteiger partial charge is 0.462 e. The van der Waals surface area contributed by atoms with Gasteiger partial charge in [0.25, 0.3) is 17.5 Å². The van der Waals surface area contributed by atoms with Gasteiger partial charge in [0.15, 0.2) is 0 Å². The number of nitro groups is 1. The normalized spacial score (nSPS) is 12.7. The third-order valence-electron chi connectivity index (χ3n) is 4.91. The number of ether oxygens (including phenoxy) is 1. The molecular formula is C20H21N5O7. The molecule has 0 atom stereocenters. The van der Waals surface area contributed by atoms with Crippen LogP contribution in [0.4, 0.5) is 11.5 Å². The van der Waals surface area contributed by atoms with Gasteiger partial charge in [0.1, 0.15) is 11.4 Å². The number of esters is 1. The molecule has 0 spiro atoms. The predicted octanol–water partition coefficient (Wildman–Crippen LogP) is 1.83. The summed E-state index contributed by atoms with van der Waals surface area (Å²) >= 11 is 0. The maximum atomic E-state index is 12.5. The maximum absolute atomic E-state index is 12.5. The topological polar surface area (TPSA) is 154 Å². The lowest BCUT2D eigenvalue weighted by Gasteiger charge is -2.13.